The molecule has 1 aromatic rings. The van der Waals surface area contributed by atoms with Crippen LogP contribution in [0.5, 0.6) is 0 Å². The number of carbonyl (C=O) groups is 1. The first kappa shape index (κ1) is 12.2. The van der Waals surface area contributed by atoms with E-state index < -0.39 is 5.97 Å². The number of thiophene rings is 1. The fraction of sp³-hybridized carbons (Fsp3) is 0.545. The predicted octanol–water partition coefficient (Wildman–Crippen LogP) is 3.15. The van der Waals surface area contributed by atoms with Gasteiger partial charge in [-0.2, -0.15) is 0 Å². The quantitative estimate of drug-likeness (QED) is 0.729. The lowest BCUT2D eigenvalue weighted by molar-refractivity contribution is 0.0702. The maximum Gasteiger partial charge on any atom is 0.345 e. The molecule has 0 unspecified atom stereocenters. The van der Waals surface area contributed by atoms with Crippen molar-refractivity contribution in [3.05, 3.63) is 21.9 Å². The first-order valence-corrected chi connectivity index (χ1v) is 5.95. The monoisotopic (exact) mass is 228 g/mol. The van der Waals surface area contributed by atoms with Crippen LogP contribution in [0.2, 0.25) is 0 Å². The standard InChI is InChI=1S/C11H16O3S/c1-2-3-4-7-14-8-9-5-6-10(15-9)11(12)13/h5-6H,2-4,7-8H2,1H3,(H,12,13). The Bertz CT molecular complexity index is 307. The number of unbranched alkanes of at least 4 members (excludes halogenated alkanes) is 2. The van der Waals surface area contributed by atoms with E-state index >= 15 is 0 Å². The maximum atomic E-state index is 10.6. The van der Waals surface area contributed by atoms with Gasteiger partial charge in [-0.25, -0.2) is 4.79 Å². The van der Waals surface area contributed by atoms with Crippen molar-refractivity contribution in [1.82, 2.24) is 0 Å². The van der Waals surface area contributed by atoms with Crippen molar-refractivity contribution in [3.8, 4) is 0 Å². The highest BCUT2D eigenvalue weighted by Gasteiger charge is 2.06. The molecule has 0 aliphatic carbocycles. The minimum absolute atomic E-state index is 0.377. The van der Waals surface area contributed by atoms with Crippen LogP contribution in [-0.4, -0.2) is 17.7 Å². The third kappa shape index (κ3) is 4.44. The number of carboxylic acid groups (broad SMARTS) is 1. The van der Waals surface area contributed by atoms with Crippen LogP contribution in [0, 0.1) is 0 Å². The summed E-state index contributed by atoms with van der Waals surface area (Å²) in [7, 11) is 0. The van der Waals surface area contributed by atoms with E-state index in [0.29, 0.717) is 11.5 Å². The molecule has 1 heterocycles. The van der Waals surface area contributed by atoms with Crippen molar-refractivity contribution in [1.29, 1.82) is 0 Å². The zero-order valence-corrected chi connectivity index (χ0v) is 9.68. The number of hydrogen-bond acceptors (Lipinski definition) is 3. The normalized spacial score (nSPS) is 10.5. The number of aromatic carboxylic acids is 1. The van der Waals surface area contributed by atoms with Crippen molar-refractivity contribution in [2.45, 2.75) is 32.8 Å². The largest absolute Gasteiger partial charge is 0.477 e. The summed E-state index contributed by atoms with van der Waals surface area (Å²) in [5.41, 5.74) is 0. The second-order valence-electron chi connectivity index (χ2n) is 3.33. The molecule has 0 aliphatic rings. The first-order chi connectivity index (χ1) is 7.24. The molecule has 0 bridgehead atoms. The number of carboxylic acids is 1. The van der Waals surface area contributed by atoms with E-state index in [1.54, 1.807) is 6.07 Å². The lowest BCUT2D eigenvalue weighted by Gasteiger charge is -2.00. The molecule has 0 aromatic carbocycles. The Kier molecular flexibility index (Phi) is 5.36. The van der Waals surface area contributed by atoms with E-state index in [-0.39, 0.29) is 0 Å². The average molecular weight is 228 g/mol. The number of rotatable bonds is 7. The molecule has 1 rings (SSSR count). The van der Waals surface area contributed by atoms with E-state index in [1.165, 1.54) is 24.2 Å². The molecule has 84 valence electrons. The molecule has 0 saturated carbocycles. The van der Waals surface area contributed by atoms with Crippen LogP contribution in [0.1, 0.15) is 40.7 Å². The van der Waals surface area contributed by atoms with Crippen molar-refractivity contribution in [3.63, 3.8) is 0 Å². The smallest absolute Gasteiger partial charge is 0.345 e. The molecule has 0 atom stereocenters. The minimum atomic E-state index is -0.864. The fourth-order valence-corrected chi connectivity index (χ4v) is 1.98. The van der Waals surface area contributed by atoms with Gasteiger partial charge in [-0.1, -0.05) is 19.8 Å². The maximum absolute atomic E-state index is 10.6. The molecular weight excluding hydrogens is 212 g/mol. The van der Waals surface area contributed by atoms with Crippen LogP contribution >= 0.6 is 11.3 Å². The lowest BCUT2D eigenvalue weighted by Crippen LogP contribution is -1.93. The van der Waals surface area contributed by atoms with Gasteiger partial charge in [-0.05, 0) is 18.6 Å². The topological polar surface area (TPSA) is 46.5 Å². The van der Waals surface area contributed by atoms with Gasteiger partial charge in [0.05, 0.1) is 6.61 Å². The molecule has 0 radical (unpaired) electrons. The molecule has 3 nitrogen and oxygen atoms in total. The molecule has 0 fully saturated rings. The zero-order valence-electron chi connectivity index (χ0n) is 8.86. The minimum Gasteiger partial charge on any atom is -0.477 e. The highest BCUT2D eigenvalue weighted by molar-refractivity contribution is 7.13. The Morgan fingerprint density at radius 3 is 2.87 bits per heavy atom. The van der Waals surface area contributed by atoms with Crippen molar-refractivity contribution in [2.24, 2.45) is 0 Å². The van der Waals surface area contributed by atoms with Gasteiger partial charge in [0.15, 0.2) is 0 Å². The van der Waals surface area contributed by atoms with Crippen LogP contribution in [0.3, 0.4) is 0 Å². The second kappa shape index (κ2) is 6.58. The van der Waals surface area contributed by atoms with Crippen LogP contribution in [0.25, 0.3) is 0 Å². The van der Waals surface area contributed by atoms with Crippen molar-refractivity contribution in [2.75, 3.05) is 6.61 Å². The molecule has 0 saturated heterocycles. The van der Waals surface area contributed by atoms with Crippen LogP contribution in [-0.2, 0) is 11.3 Å². The number of hydrogen-bond donors (Lipinski definition) is 1. The summed E-state index contributed by atoms with van der Waals surface area (Å²) in [5, 5.41) is 8.71. The van der Waals surface area contributed by atoms with Gasteiger partial charge in [-0.3, -0.25) is 0 Å². The summed E-state index contributed by atoms with van der Waals surface area (Å²) >= 11 is 1.28. The highest BCUT2D eigenvalue weighted by atomic mass is 32.1. The fourth-order valence-electron chi connectivity index (χ4n) is 1.20. The van der Waals surface area contributed by atoms with Gasteiger partial charge in [0.1, 0.15) is 4.88 Å². The Morgan fingerprint density at radius 2 is 2.27 bits per heavy atom. The van der Waals surface area contributed by atoms with Gasteiger partial charge < -0.3 is 9.84 Å². The molecule has 1 aromatic heterocycles. The van der Waals surface area contributed by atoms with Crippen molar-refractivity contribution < 1.29 is 14.6 Å². The van der Waals surface area contributed by atoms with Gasteiger partial charge in [0.2, 0.25) is 0 Å². The summed E-state index contributed by atoms with van der Waals surface area (Å²) in [4.78, 5) is 12.0. The van der Waals surface area contributed by atoms with Gasteiger partial charge >= 0.3 is 5.97 Å². The summed E-state index contributed by atoms with van der Waals surface area (Å²) < 4.78 is 5.43. The van der Waals surface area contributed by atoms with Gasteiger partial charge in [0, 0.05) is 11.5 Å². The third-order valence-corrected chi connectivity index (χ3v) is 3.06. The van der Waals surface area contributed by atoms with E-state index in [1.807, 2.05) is 6.07 Å². The third-order valence-electron chi connectivity index (χ3n) is 2.01. The summed E-state index contributed by atoms with van der Waals surface area (Å²) in [5.74, 6) is -0.864. The van der Waals surface area contributed by atoms with E-state index in [9.17, 15) is 4.79 Å². The highest BCUT2D eigenvalue weighted by Crippen LogP contribution is 2.17. The van der Waals surface area contributed by atoms with Gasteiger partial charge in [-0.15, -0.1) is 11.3 Å². The Morgan fingerprint density at radius 1 is 1.47 bits per heavy atom. The molecule has 0 amide bonds. The van der Waals surface area contributed by atoms with E-state index in [0.717, 1.165) is 17.9 Å². The van der Waals surface area contributed by atoms with E-state index in [4.69, 9.17) is 9.84 Å². The average Bonchev–Trinajstić information content (AvgIpc) is 2.66. The zero-order chi connectivity index (χ0) is 11.1. The summed E-state index contributed by atoms with van der Waals surface area (Å²) in [6.45, 7) is 3.44. The predicted molar refractivity (Wildman–Crippen MR) is 60.5 cm³/mol. The molecule has 0 aliphatic heterocycles. The van der Waals surface area contributed by atoms with E-state index in [2.05, 4.69) is 6.92 Å². The van der Waals surface area contributed by atoms with Crippen LogP contribution in [0.15, 0.2) is 12.1 Å². The molecule has 1 N–H and O–H groups in total. The van der Waals surface area contributed by atoms with Crippen LogP contribution in [0.4, 0.5) is 0 Å². The Balaban J connectivity index is 2.23. The molecular formula is C11H16O3S. The lowest BCUT2D eigenvalue weighted by atomic mass is 10.3. The molecule has 4 heteroatoms. The number of ether oxygens (including phenoxy) is 1. The Hall–Kier alpha value is -0.870. The Labute approximate surface area is 93.7 Å². The van der Waals surface area contributed by atoms with Crippen LogP contribution < -0.4 is 0 Å². The van der Waals surface area contributed by atoms with Crippen molar-refractivity contribution >= 4 is 17.3 Å². The molecule has 15 heavy (non-hydrogen) atoms. The van der Waals surface area contributed by atoms with Gasteiger partial charge in [0.25, 0.3) is 0 Å². The SMILES string of the molecule is CCCCCOCc1ccc(C(=O)O)s1. The molecule has 0 spiro atoms. The summed E-state index contributed by atoms with van der Waals surface area (Å²) in [6.07, 6.45) is 3.45. The second-order valence-corrected chi connectivity index (χ2v) is 4.50. The first-order valence-electron chi connectivity index (χ1n) is 5.13. The summed E-state index contributed by atoms with van der Waals surface area (Å²) in [6, 6.07) is 3.44.